The fourth-order valence-electron chi connectivity index (χ4n) is 6.53. The highest BCUT2D eigenvalue weighted by atomic mass is 16.4. The standard InChI is InChI=1S/C28H30N6O2/c1-16-12-29-27(33-26(16)30-23-6-7-25-24(11-23)32-28(35)36-25)31-22-5-4-19-13-34(15-21(19)10-22)14-20-9-17-2-3-18(20)8-17/h4-7,10-12,17-18,20H,2-3,8-9,13-15H2,1H3,(H,32,35)(H2,29,30,31,33). The van der Waals surface area contributed by atoms with Gasteiger partial charge in [-0.05, 0) is 85.4 Å². The molecule has 2 aliphatic carbocycles. The number of fused-ring (bicyclic) bond motifs is 4. The number of rotatable bonds is 6. The molecule has 0 saturated heterocycles. The van der Waals surface area contributed by atoms with Gasteiger partial charge in [-0.3, -0.25) is 9.88 Å². The first kappa shape index (κ1) is 21.6. The van der Waals surface area contributed by atoms with Gasteiger partial charge >= 0.3 is 5.76 Å². The summed E-state index contributed by atoms with van der Waals surface area (Å²) in [5.41, 5.74) is 6.73. The van der Waals surface area contributed by atoms with Crippen LogP contribution in [0.3, 0.4) is 0 Å². The Morgan fingerprint density at radius 3 is 2.78 bits per heavy atom. The molecule has 184 valence electrons. The number of aromatic nitrogens is 3. The SMILES string of the molecule is Cc1cnc(Nc2ccc3c(c2)CN(CC2CC4CCC2C4)C3)nc1Nc1ccc2oc(=O)[nH]c2c1. The average molecular weight is 483 g/mol. The van der Waals surface area contributed by atoms with E-state index in [1.165, 1.54) is 43.4 Å². The van der Waals surface area contributed by atoms with E-state index < -0.39 is 5.76 Å². The highest BCUT2D eigenvalue weighted by Gasteiger charge is 2.40. The van der Waals surface area contributed by atoms with Gasteiger partial charge in [0.1, 0.15) is 5.82 Å². The second-order valence-electron chi connectivity index (χ2n) is 10.8. The Hall–Kier alpha value is -3.65. The Labute approximate surface area is 209 Å². The molecule has 2 aromatic carbocycles. The van der Waals surface area contributed by atoms with Crippen LogP contribution >= 0.6 is 0 Å². The lowest BCUT2D eigenvalue weighted by atomic mass is 9.88. The maximum absolute atomic E-state index is 11.4. The highest BCUT2D eigenvalue weighted by molar-refractivity contribution is 5.78. The van der Waals surface area contributed by atoms with Crippen molar-refractivity contribution in [1.29, 1.82) is 0 Å². The smallest absolute Gasteiger partial charge is 0.408 e. The van der Waals surface area contributed by atoms with Gasteiger partial charge in [0.15, 0.2) is 5.58 Å². The molecule has 0 radical (unpaired) electrons. The second kappa shape index (κ2) is 8.48. The number of nitrogens with zero attached hydrogens (tertiary/aromatic N) is 3. The van der Waals surface area contributed by atoms with Crippen LogP contribution in [-0.4, -0.2) is 26.4 Å². The number of hydrogen-bond acceptors (Lipinski definition) is 7. The van der Waals surface area contributed by atoms with Gasteiger partial charge in [-0.1, -0.05) is 12.5 Å². The Balaban J connectivity index is 1.04. The predicted octanol–water partition coefficient (Wildman–Crippen LogP) is 5.46. The largest absolute Gasteiger partial charge is 0.417 e. The number of aromatic amines is 1. The molecular weight excluding hydrogens is 452 g/mol. The molecule has 4 aromatic rings. The minimum Gasteiger partial charge on any atom is -0.408 e. The summed E-state index contributed by atoms with van der Waals surface area (Å²) in [4.78, 5) is 26.0. The molecule has 1 aliphatic heterocycles. The fraction of sp³-hybridized carbons (Fsp3) is 0.393. The van der Waals surface area contributed by atoms with Crippen molar-refractivity contribution in [2.24, 2.45) is 17.8 Å². The van der Waals surface area contributed by atoms with E-state index in [-0.39, 0.29) is 0 Å². The molecular formula is C28H30N6O2. The number of nitrogens with one attached hydrogen (secondary N) is 3. The number of H-pyrrole nitrogens is 1. The van der Waals surface area contributed by atoms with Gasteiger partial charge in [-0.2, -0.15) is 4.98 Å². The van der Waals surface area contributed by atoms with Gasteiger partial charge in [-0.25, -0.2) is 9.78 Å². The van der Waals surface area contributed by atoms with Crippen LogP contribution in [0.5, 0.6) is 0 Å². The first-order chi connectivity index (χ1) is 17.6. The molecule has 8 nitrogen and oxygen atoms in total. The van der Waals surface area contributed by atoms with Crippen molar-refractivity contribution < 1.29 is 4.42 Å². The molecule has 2 fully saturated rings. The van der Waals surface area contributed by atoms with Gasteiger partial charge < -0.3 is 15.1 Å². The molecule has 3 heterocycles. The summed E-state index contributed by atoms with van der Waals surface area (Å²) in [5.74, 6) is 3.66. The first-order valence-electron chi connectivity index (χ1n) is 12.9. The van der Waals surface area contributed by atoms with Gasteiger partial charge in [0.05, 0.1) is 5.52 Å². The zero-order chi connectivity index (χ0) is 24.2. The fourth-order valence-corrected chi connectivity index (χ4v) is 6.53. The average Bonchev–Trinajstić information content (AvgIpc) is 3.64. The Bertz CT molecular complexity index is 1510. The van der Waals surface area contributed by atoms with Gasteiger partial charge in [0.25, 0.3) is 0 Å². The third kappa shape index (κ3) is 4.05. The van der Waals surface area contributed by atoms with Gasteiger partial charge in [0.2, 0.25) is 5.95 Å². The normalized spacial score (nSPS) is 22.9. The van der Waals surface area contributed by atoms with Crippen molar-refractivity contribution in [3.05, 3.63) is 69.8 Å². The van der Waals surface area contributed by atoms with E-state index in [0.717, 1.165) is 47.8 Å². The molecule has 2 aromatic heterocycles. The third-order valence-corrected chi connectivity index (χ3v) is 8.28. The summed E-state index contributed by atoms with van der Waals surface area (Å²) in [7, 11) is 0. The van der Waals surface area contributed by atoms with E-state index in [1.807, 2.05) is 19.1 Å². The number of oxazole rings is 1. The zero-order valence-corrected chi connectivity index (χ0v) is 20.4. The van der Waals surface area contributed by atoms with Crippen LogP contribution in [0, 0.1) is 24.7 Å². The minimum absolute atomic E-state index is 0.463. The van der Waals surface area contributed by atoms with Crippen molar-refractivity contribution in [3.63, 3.8) is 0 Å². The van der Waals surface area contributed by atoms with Crippen molar-refractivity contribution in [2.45, 2.75) is 45.7 Å². The lowest BCUT2D eigenvalue weighted by molar-refractivity contribution is 0.191. The van der Waals surface area contributed by atoms with Gasteiger partial charge in [0, 0.05) is 42.8 Å². The van der Waals surface area contributed by atoms with Crippen LogP contribution in [0.4, 0.5) is 23.1 Å². The maximum atomic E-state index is 11.4. The van der Waals surface area contributed by atoms with E-state index in [4.69, 9.17) is 9.40 Å². The molecule has 3 N–H and O–H groups in total. The molecule has 3 unspecified atom stereocenters. The molecule has 0 amide bonds. The summed E-state index contributed by atoms with van der Waals surface area (Å²) in [6.45, 7) is 5.29. The monoisotopic (exact) mass is 482 g/mol. The van der Waals surface area contributed by atoms with Gasteiger partial charge in [-0.15, -0.1) is 0 Å². The minimum atomic E-state index is -0.463. The number of anilines is 4. The van der Waals surface area contributed by atoms with Crippen LogP contribution in [0.15, 0.2) is 51.8 Å². The summed E-state index contributed by atoms with van der Waals surface area (Å²) < 4.78 is 5.09. The quantitative estimate of drug-likeness (QED) is 0.336. The van der Waals surface area contributed by atoms with E-state index >= 15 is 0 Å². The maximum Gasteiger partial charge on any atom is 0.417 e. The Morgan fingerprint density at radius 1 is 1.06 bits per heavy atom. The molecule has 8 heteroatoms. The van der Waals surface area contributed by atoms with E-state index in [0.29, 0.717) is 22.9 Å². The Morgan fingerprint density at radius 2 is 1.92 bits per heavy atom. The molecule has 3 atom stereocenters. The molecule has 2 bridgehead atoms. The molecule has 7 rings (SSSR count). The lowest BCUT2D eigenvalue weighted by Gasteiger charge is -2.26. The number of aryl methyl sites for hydroxylation is 1. The van der Waals surface area contributed by atoms with Crippen LogP contribution < -0.4 is 16.4 Å². The van der Waals surface area contributed by atoms with Crippen LogP contribution in [0.2, 0.25) is 0 Å². The molecule has 0 spiro atoms. The zero-order valence-electron chi connectivity index (χ0n) is 20.4. The van der Waals surface area contributed by atoms with E-state index in [9.17, 15) is 4.79 Å². The summed E-state index contributed by atoms with van der Waals surface area (Å²) in [5, 5.41) is 6.72. The highest BCUT2D eigenvalue weighted by Crippen LogP contribution is 2.49. The van der Waals surface area contributed by atoms with E-state index in [2.05, 4.69) is 43.7 Å². The van der Waals surface area contributed by atoms with Crippen molar-refractivity contribution >= 4 is 34.2 Å². The molecule has 2 saturated carbocycles. The predicted molar refractivity (Wildman–Crippen MR) is 140 cm³/mol. The van der Waals surface area contributed by atoms with Crippen LogP contribution in [0.1, 0.15) is 42.4 Å². The third-order valence-electron chi connectivity index (χ3n) is 8.28. The first-order valence-corrected chi connectivity index (χ1v) is 12.9. The lowest BCUT2D eigenvalue weighted by Crippen LogP contribution is -2.27. The second-order valence-corrected chi connectivity index (χ2v) is 10.8. The van der Waals surface area contributed by atoms with Crippen molar-refractivity contribution in [1.82, 2.24) is 19.9 Å². The summed E-state index contributed by atoms with van der Waals surface area (Å²) in [6, 6.07) is 12.1. The van der Waals surface area contributed by atoms with E-state index in [1.54, 1.807) is 12.3 Å². The summed E-state index contributed by atoms with van der Waals surface area (Å²) >= 11 is 0. The number of benzene rings is 2. The molecule has 36 heavy (non-hydrogen) atoms. The topological polar surface area (TPSA) is 99.1 Å². The van der Waals surface area contributed by atoms with Crippen molar-refractivity contribution in [2.75, 3.05) is 17.2 Å². The Kier molecular flexibility index (Phi) is 5.09. The summed E-state index contributed by atoms with van der Waals surface area (Å²) in [6.07, 6.45) is 7.65. The van der Waals surface area contributed by atoms with Crippen LogP contribution in [-0.2, 0) is 13.1 Å². The number of hydrogen-bond donors (Lipinski definition) is 3. The molecule has 3 aliphatic rings. The van der Waals surface area contributed by atoms with Crippen LogP contribution in [0.25, 0.3) is 11.1 Å². The van der Waals surface area contributed by atoms with Crippen molar-refractivity contribution in [3.8, 4) is 0 Å².